The lowest BCUT2D eigenvalue weighted by Gasteiger charge is -2.28. The number of anilines is 1. The molecule has 0 bridgehead atoms. The lowest BCUT2D eigenvalue weighted by atomic mass is 9.97. The largest absolute Gasteiger partial charge is 0.454 e. The molecule has 1 fully saturated rings. The van der Waals surface area contributed by atoms with Crippen LogP contribution in [-0.4, -0.2) is 22.4 Å². The average molecular weight is 545 g/mol. The topological polar surface area (TPSA) is 49.9 Å². The van der Waals surface area contributed by atoms with Crippen molar-refractivity contribution < 1.29 is 27.5 Å². The van der Waals surface area contributed by atoms with Gasteiger partial charge in [-0.05, 0) is 68.1 Å². The molecule has 1 aliphatic rings. The Morgan fingerprint density at radius 1 is 0.800 bits per heavy atom. The van der Waals surface area contributed by atoms with Crippen molar-refractivity contribution in [3.63, 3.8) is 0 Å². The highest BCUT2D eigenvalue weighted by molar-refractivity contribution is 6.22. The Bertz CT molecular complexity index is 1590. The molecule has 0 aromatic heterocycles. The quantitative estimate of drug-likeness (QED) is 0.178. The normalized spacial score (nSPS) is 14.7. The molecule has 40 heavy (non-hydrogen) atoms. The lowest BCUT2D eigenvalue weighted by Crippen LogP contribution is -2.43. The van der Waals surface area contributed by atoms with E-state index in [2.05, 4.69) is 0 Å². The van der Waals surface area contributed by atoms with Crippen LogP contribution in [0.25, 0.3) is 0 Å². The predicted molar refractivity (Wildman–Crippen MR) is 146 cm³/mol. The molecule has 3 amide bonds. The summed E-state index contributed by atoms with van der Waals surface area (Å²) in [6.07, 6.45) is 0.688. The number of halogens is 3. The smallest absolute Gasteiger partial charge is 0.332 e. The fraction of sp³-hybridized carbons (Fsp3) is 0.188. The predicted octanol–water partition coefficient (Wildman–Crippen LogP) is 7.54. The molecular weight excluding hydrogens is 517 g/mol. The van der Waals surface area contributed by atoms with Crippen LogP contribution in [0.2, 0.25) is 0 Å². The summed E-state index contributed by atoms with van der Waals surface area (Å²) in [5.41, 5.74) is 1.86. The number of imide groups is 1. The van der Waals surface area contributed by atoms with Gasteiger partial charge in [0.15, 0.2) is 11.6 Å². The number of ether oxygens (including phenoxy) is 1. The van der Waals surface area contributed by atoms with E-state index >= 15 is 0 Å². The third-order valence-electron chi connectivity index (χ3n) is 7.18. The Hall–Kier alpha value is -4.59. The minimum atomic E-state index is -1.33. The summed E-state index contributed by atoms with van der Waals surface area (Å²) in [7, 11) is 0. The van der Waals surface area contributed by atoms with Gasteiger partial charge in [0.1, 0.15) is 17.1 Å². The van der Waals surface area contributed by atoms with Gasteiger partial charge in [0.05, 0.1) is 5.69 Å². The number of hydrogen-bond acceptors (Lipinski definition) is 3. The van der Waals surface area contributed by atoms with Gasteiger partial charge in [0.25, 0.3) is 5.91 Å². The van der Waals surface area contributed by atoms with Crippen LogP contribution in [0, 0.1) is 24.4 Å². The van der Waals surface area contributed by atoms with Crippen molar-refractivity contribution in [3.8, 4) is 11.5 Å². The van der Waals surface area contributed by atoms with Gasteiger partial charge in [-0.1, -0.05) is 54.6 Å². The van der Waals surface area contributed by atoms with Gasteiger partial charge >= 0.3 is 6.03 Å². The van der Waals surface area contributed by atoms with Crippen molar-refractivity contribution in [1.29, 1.82) is 0 Å². The Balaban J connectivity index is 1.37. The van der Waals surface area contributed by atoms with Gasteiger partial charge in [-0.2, -0.15) is 4.39 Å². The fourth-order valence-corrected chi connectivity index (χ4v) is 4.73. The second kappa shape index (κ2) is 10.5. The SMILES string of the molecule is Cc1c(F)cc(Oc2ccc(N3C(=O)N(Cc4ccccc4Cc4ccccc4)C(C)(C)C3=O)cc2)c(F)c1F. The highest BCUT2D eigenvalue weighted by atomic mass is 19.2. The van der Waals surface area contributed by atoms with Crippen LogP contribution in [0.1, 0.15) is 36.1 Å². The molecule has 0 radical (unpaired) electrons. The Morgan fingerprint density at radius 3 is 2.10 bits per heavy atom. The first-order valence-corrected chi connectivity index (χ1v) is 12.8. The summed E-state index contributed by atoms with van der Waals surface area (Å²) >= 11 is 0. The van der Waals surface area contributed by atoms with Crippen molar-refractivity contribution in [2.45, 2.75) is 39.3 Å². The number of amides is 3. The molecule has 1 saturated heterocycles. The van der Waals surface area contributed by atoms with Gasteiger partial charge < -0.3 is 9.64 Å². The molecule has 0 unspecified atom stereocenters. The van der Waals surface area contributed by atoms with Gasteiger partial charge in [-0.25, -0.2) is 18.5 Å². The van der Waals surface area contributed by atoms with Crippen LogP contribution in [-0.2, 0) is 17.8 Å². The van der Waals surface area contributed by atoms with E-state index in [1.165, 1.54) is 29.2 Å². The molecule has 0 saturated carbocycles. The highest BCUT2D eigenvalue weighted by Crippen LogP contribution is 2.36. The van der Waals surface area contributed by atoms with Crippen LogP contribution in [0.15, 0.2) is 84.9 Å². The second-order valence-electron chi connectivity index (χ2n) is 10.2. The third kappa shape index (κ3) is 4.93. The molecule has 1 heterocycles. The molecule has 4 aromatic carbocycles. The maximum Gasteiger partial charge on any atom is 0.332 e. The van der Waals surface area contributed by atoms with Crippen molar-refractivity contribution >= 4 is 17.6 Å². The van der Waals surface area contributed by atoms with Crippen molar-refractivity contribution in [3.05, 3.63) is 125 Å². The number of urea groups is 1. The van der Waals surface area contributed by atoms with E-state index in [1.807, 2.05) is 54.6 Å². The molecule has 5 nitrogen and oxygen atoms in total. The van der Waals surface area contributed by atoms with Crippen molar-refractivity contribution in [2.24, 2.45) is 0 Å². The summed E-state index contributed by atoms with van der Waals surface area (Å²) in [5, 5.41) is 0. The number of benzene rings is 4. The zero-order valence-electron chi connectivity index (χ0n) is 22.3. The minimum Gasteiger partial charge on any atom is -0.454 e. The molecule has 0 aliphatic carbocycles. The molecule has 0 N–H and O–H groups in total. The number of nitrogens with zero attached hydrogens (tertiary/aromatic N) is 2. The Labute approximate surface area is 230 Å². The maximum atomic E-state index is 14.2. The van der Waals surface area contributed by atoms with E-state index in [1.54, 1.807) is 13.8 Å². The highest BCUT2D eigenvalue weighted by Gasteiger charge is 2.51. The third-order valence-corrected chi connectivity index (χ3v) is 7.18. The zero-order valence-corrected chi connectivity index (χ0v) is 22.3. The van der Waals surface area contributed by atoms with Gasteiger partial charge in [-0.15, -0.1) is 0 Å². The summed E-state index contributed by atoms with van der Waals surface area (Å²) in [4.78, 5) is 29.7. The van der Waals surface area contributed by atoms with E-state index in [0.29, 0.717) is 6.42 Å². The molecule has 4 aromatic rings. The summed E-state index contributed by atoms with van der Waals surface area (Å²) in [6.45, 7) is 4.77. The first-order valence-electron chi connectivity index (χ1n) is 12.8. The molecule has 0 atom stereocenters. The van der Waals surface area contributed by atoms with Crippen molar-refractivity contribution in [1.82, 2.24) is 4.90 Å². The minimum absolute atomic E-state index is 0.0790. The first kappa shape index (κ1) is 27.0. The zero-order chi connectivity index (χ0) is 28.6. The molecule has 8 heteroatoms. The van der Waals surface area contributed by atoms with E-state index in [4.69, 9.17) is 4.74 Å². The Kier molecular flexibility index (Phi) is 7.10. The molecule has 204 valence electrons. The standard InChI is InChI=1S/C32H27F3N2O3/c1-20-26(33)18-27(29(35)28(20)34)40-25-15-13-24(14-16-25)37-30(38)32(2,3)36(31(37)39)19-23-12-8-7-11-22(23)17-21-9-5-4-6-10-21/h4-16,18H,17,19H2,1-3H3. The van der Waals surface area contributed by atoms with E-state index in [9.17, 15) is 22.8 Å². The summed E-state index contributed by atoms with van der Waals surface area (Å²) < 4.78 is 47.4. The molecule has 1 aliphatic heterocycles. The second-order valence-corrected chi connectivity index (χ2v) is 10.2. The molecule has 0 spiro atoms. The van der Waals surface area contributed by atoms with Crippen molar-refractivity contribution in [2.75, 3.05) is 4.90 Å². The number of carbonyl (C=O) groups excluding carboxylic acids is 2. The van der Waals surface area contributed by atoms with Gasteiger partial charge in [0.2, 0.25) is 5.82 Å². The van der Waals surface area contributed by atoms with E-state index in [0.717, 1.165) is 34.6 Å². The van der Waals surface area contributed by atoms with Crippen LogP contribution >= 0.6 is 0 Å². The molecular formula is C32H27F3N2O3. The maximum absolute atomic E-state index is 14.2. The van der Waals surface area contributed by atoms with Crippen LogP contribution in [0.3, 0.4) is 0 Å². The summed E-state index contributed by atoms with van der Waals surface area (Å²) in [5.74, 6) is -4.50. The number of rotatable bonds is 7. The molecule has 5 rings (SSSR count). The average Bonchev–Trinajstić information content (AvgIpc) is 3.11. The fourth-order valence-electron chi connectivity index (χ4n) is 4.73. The number of hydrogen-bond donors (Lipinski definition) is 0. The van der Waals surface area contributed by atoms with E-state index in [-0.39, 0.29) is 18.0 Å². The van der Waals surface area contributed by atoms with E-state index < -0.39 is 46.2 Å². The van der Waals surface area contributed by atoms with Crippen LogP contribution in [0.5, 0.6) is 11.5 Å². The van der Waals surface area contributed by atoms with Gasteiger partial charge in [-0.3, -0.25) is 4.79 Å². The first-order chi connectivity index (χ1) is 19.1. The van der Waals surface area contributed by atoms with Gasteiger partial charge in [0, 0.05) is 18.2 Å². The monoisotopic (exact) mass is 544 g/mol. The van der Waals surface area contributed by atoms with Crippen LogP contribution in [0.4, 0.5) is 23.7 Å². The summed E-state index contributed by atoms with van der Waals surface area (Å²) in [6, 6.07) is 23.8. The number of carbonyl (C=O) groups is 2. The van der Waals surface area contributed by atoms with Crippen LogP contribution < -0.4 is 9.64 Å². The Morgan fingerprint density at radius 2 is 1.43 bits per heavy atom. The lowest BCUT2D eigenvalue weighted by molar-refractivity contribution is -0.123.